The van der Waals surface area contributed by atoms with Gasteiger partial charge in [0.1, 0.15) is 12.3 Å². The van der Waals surface area contributed by atoms with Crippen LogP contribution in [0.25, 0.3) is 0 Å². The van der Waals surface area contributed by atoms with Gasteiger partial charge in [-0.2, -0.15) is 5.01 Å². The topological polar surface area (TPSA) is 84.0 Å². The zero-order valence-corrected chi connectivity index (χ0v) is 17.6. The van der Waals surface area contributed by atoms with Crippen molar-refractivity contribution in [1.29, 1.82) is 0 Å². The van der Waals surface area contributed by atoms with Crippen LogP contribution in [0.5, 0.6) is 5.75 Å². The monoisotopic (exact) mass is 448 g/mol. The molecule has 0 spiro atoms. The molecule has 3 rings (SSSR count). The fourth-order valence-corrected chi connectivity index (χ4v) is 3.32. The third kappa shape index (κ3) is 4.63. The van der Waals surface area contributed by atoms with E-state index in [-0.39, 0.29) is 28.5 Å². The molecule has 0 aliphatic carbocycles. The van der Waals surface area contributed by atoms with Crippen molar-refractivity contribution < 1.29 is 23.9 Å². The van der Waals surface area contributed by atoms with Crippen LogP contribution < -0.4 is 4.74 Å². The van der Waals surface area contributed by atoms with Crippen LogP contribution in [0, 0.1) is 0 Å². The molecule has 0 radical (unpaired) electrons. The lowest BCUT2D eigenvalue weighted by molar-refractivity contribution is -0.162. The van der Waals surface area contributed by atoms with Gasteiger partial charge < -0.3 is 4.74 Å². The van der Waals surface area contributed by atoms with Gasteiger partial charge in [-0.15, -0.1) is 0 Å². The van der Waals surface area contributed by atoms with E-state index in [1.807, 2.05) is 0 Å². The van der Waals surface area contributed by atoms with Crippen molar-refractivity contribution in [2.45, 2.75) is 19.3 Å². The summed E-state index contributed by atoms with van der Waals surface area (Å²) in [6, 6.07) is 10.5. The molecule has 1 fully saturated rings. The summed E-state index contributed by atoms with van der Waals surface area (Å²) in [6.07, 6.45) is 0.608. The largest absolute Gasteiger partial charge is 0.497 e. The van der Waals surface area contributed by atoms with E-state index in [4.69, 9.17) is 27.9 Å². The lowest BCUT2D eigenvalue weighted by Crippen LogP contribution is -2.56. The average Bonchev–Trinajstić information content (AvgIpc) is 2.74. The van der Waals surface area contributed by atoms with Gasteiger partial charge in [0.05, 0.1) is 17.2 Å². The number of benzene rings is 2. The van der Waals surface area contributed by atoms with Crippen LogP contribution in [-0.4, -0.2) is 47.2 Å². The summed E-state index contributed by atoms with van der Waals surface area (Å²) in [6.45, 7) is -0.497. The molecule has 2 aromatic rings. The number of hydrogen-bond acceptors (Lipinski definition) is 5. The lowest BCUT2D eigenvalue weighted by atomic mass is 10.1. The van der Waals surface area contributed by atoms with E-state index in [0.717, 1.165) is 10.0 Å². The number of carbonyl (C=O) groups is 4. The average molecular weight is 449 g/mol. The normalized spacial score (nSPS) is 13.9. The first-order valence-corrected chi connectivity index (χ1v) is 9.87. The van der Waals surface area contributed by atoms with Crippen LogP contribution >= 0.6 is 23.2 Å². The Labute approximate surface area is 183 Å². The highest BCUT2D eigenvalue weighted by Crippen LogP contribution is 2.25. The molecular formula is C21H18Cl2N2O5. The van der Waals surface area contributed by atoms with E-state index in [1.54, 1.807) is 24.3 Å². The Morgan fingerprint density at radius 1 is 0.967 bits per heavy atom. The van der Waals surface area contributed by atoms with Crippen LogP contribution in [0.3, 0.4) is 0 Å². The second kappa shape index (κ2) is 9.28. The smallest absolute Gasteiger partial charge is 0.273 e. The number of hydrazine groups is 1. The van der Waals surface area contributed by atoms with Crippen molar-refractivity contribution in [1.82, 2.24) is 10.0 Å². The first-order valence-electron chi connectivity index (χ1n) is 9.11. The highest BCUT2D eigenvalue weighted by Gasteiger charge is 2.36. The number of rotatable bonds is 6. The minimum absolute atomic E-state index is 0.0955. The third-order valence-corrected chi connectivity index (χ3v) is 5.34. The molecule has 0 N–H and O–H groups in total. The molecule has 0 bridgehead atoms. The van der Waals surface area contributed by atoms with E-state index < -0.39 is 30.0 Å². The second-order valence-corrected chi connectivity index (χ2v) is 7.41. The Morgan fingerprint density at radius 3 is 2.13 bits per heavy atom. The number of carbonyl (C=O) groups excluding carboxylic acids is 4. The van der Waals surface area contributed by atoms with E-state index in [0.29, 0.717) is 17.7 Å². The molecule has 3 amide bonds. The molecule has 0 unspecified atom stereocenters. The van der Waals surface area contributed by atoms with E-state index in [2.05, 4.69) is 0 Å². The summed E-state index contributed by atoms with van der Waals surface area (Å²) in [4.78, 5) is 50.9. The van der Waals surface area contributed by atoms with E-state index >= 15 is 0 Å². The maximum atomic E-state index is 13.2. The molecule has 1 aliphatic heterocycles. The summed E-state index contributed by atoms with van der Waals surface area (Å²) in [5.41, 5.74) is 0.401. The molecule has 1 heterocycles. The molecule has 0 saturated carbocycles. The number of nitrogens with zero attached hydrogens (tertiary/aromatic N) is 2. The number of halogens is 2. The third-order valence-electron chi connectivity index (χ3n) is 4.60. The standard InChI is InChI=1S/C21H18Cl2N2O5/c1-30-15-8-5-13(6-9-15)18(26)12-24(25-19(27)3-2-4-20(25)28)21(29)14-7-10-16(22)17(23)11-14/h5-11H,2-4,12H2,1H3. The summed E-state index contributed by atoms with van der Waals surface area (Å²) >= 11 is 11.9. The summed E-state index contributed by atoms with van der Waals surface area (Å²) in [5, 5.41) is 2.02. The Morgan fingerprint density at radius 2 is 1.57 bits per heavy atom. The fourth-order valence-electron chi connectivity index (χ4n) is 3.03. The highest BCUT2D eigenvalue weighted by atomic mass is 35.5. The zero-order valence-electron chi connectivity index (χ0n) is 16.1. The first kappa shape index (κ1) is 21.8. The van der Waals surface area contributed by atoms with Crippen molar-refractivity contribution in [3.63, 3.8) is 0 Å². The van der Waals surface area contributed by atoms with Gasteiger partial charge in [0.25, 0.3) is 5.91 Å². The van der Waals surface area contributed by atoms with Crippen molar-refractivity contribution in [3.8, 4) is 5.75 Å². The number of methoxy groups -OCH3 is 1. The SMILES string of the molecule is COc1ccc(C(=O)CN(C(=O)c2ccc(Cl)c(Cl)c2)N2C(=O)CCCC2=O)cc1. The molecule has 7 nitrogen and oxygen atoms in total. The predicted molar refractivity (Wildman–Crippen MR) is 111 cm³/mol. The van der Waals surface area contributed by atoms with E-state index in [9.17, 15) is 19.2 Å². The number of hydrogen-bond donors (Lipinski definition) is 0. The Balaban J connectivity index is 1.94. The minimum Gasteiger partial charge on any atom is -0.497 e. The van der Waals surface area contributed by atoms with Gasteiger partial charge in [-0.05, 0) is 48.9 Å². The molecule has 9 heteroatoms. The Hall–Kier alpha value is -2.90. The van der Waals surface area contributed by atoms with Crippen molar-refractivity contribution in [3.05, 3.63) is 63.6 Å². The maximum absolute atomic E-state index is 13.2. The summed E-state index contributed by atoms with van der Waals surface area (Å²) < 4.78 is 5.07. The molecule has 156 valence electrons. The molecule has 2 aromatic carbocycles. The summed E-state index contributed by atoms with van der Waals surface area (Å²) in [7, 11) is 1.50. The van der Waals surface area contributed by atoms with Gasteiger partial charge in [-0.3, -0.25) is 19.2 Å². The second-order valence-electron chi connectivity index (χ2n) is 6.60. The number of Topliss-reactive ketones (excluding diaryl/α,β-unsaturated/α-hetero) is 1. The number of ketones is 1. The Bertz CT molecular complexity index is 991. The number of ether oxygens (including phenoxy) is 1. The number of piperidine rings is 1. The van der Waals surface area contributed by atoms with Crippen LogP contribution in [0.1, 0.15) is 40.0 Å². The predicted octanol–water partition coefficient (Wildman–Crippen LogP) is 3.78. The Kier molecular flexibility index (Phi) is 6.74. The van der Waals surface area contributed by atoms with Crippen LogP contribution in [0.4, 0.5) is 0 Å². The van der Waals surface area contributed by atoms with Gasteiger partial charge in [0.2, 0.25) is 11.8 Å². The summed E-state index contributed by atoms with van der Waals surface area (Å²) in [5.74, 6) is -1.67. The molecular weight excluding hydrogens is 431 g/mol. The number of imide groups is 1. The van der Waals surface area contributed by atoms with Crippen molar-refractivity contribution in [2.75, 3.05) is 13.7 Å². The quantitative estimate of drug-likeness (QED) is 0.495. The zero-order chi connectivity index (χ0) is 21.8. The molecule has 1 saturated heterocycles. The maximum Gasteiger partial charge on any atom is 0.273 e. The van der Waals surface area contributed by atoms with Crippen molar-refractivity contribution >= 4 is 46.7 Å². The van der Waals surface area contributed by atoms with Gasteiger partial charge >= 0.3 is 0 Å². The molecule has 30 heavy (non-hydrogen) atoms. The number of amides is 3. The van der Waals surface area contributed by atoms with Crippen LogP contribution in [0.15, 0.2) is 42.5 Å². The fraction of sp³-hybridized carbons (Fsp3) is 0.238. The molecule has 0 atom stereocenters. The van der Waals surface area contributed by atoms with E-state index in [1.165, 1.54) is 25.3 Å². The van der Waals surface area contributed by atoms with Gasteiger partial charge in [-0.1, -0.05) is 23.2 Å². The highest BCUT2D eigenvalue weighted by molar-refractivity contribution is 6.42. The molecule has 0 aromatic heterocycles. The van der Waals surface area contributed by atoms with Gasteiger partial charge in [-0.25, -0.2) is 5.01 Å². The van der Waals surface area contributed by atoms with Gasteiger partial charge in [0.15, 0.2) is 5.78 Å². The van der Waals surface area contributed by atoms with Crippen molar-refractivity contribution in [2.24, 2.45) is 0 Å². The van der Waals surface area contributed by atoms with Crippen LogP contribution in [0.2, 0.25) is 10.0 Å². The van der Waals surface area contributed by atoms with Crippen LogP contribution in [-0.2, 0) is 9.59 Å². The molecule has 1 aliphatic rings. The minimum atomic E-state index is -0.709. The lowest BCUT2D eigenvalue weighted by Gasteiger charge is -2.35. The van der Waals surface area contributed by atoms with Gasteiger partial charge in [0, 0.05) is 24.0 Å². The first-order chi connectivity index (χ1) is 14.3.